The van der Waals surface area contributed by atoms with Crippen molar-refractivity contribution in [2.75, 3.05) is 0 Å². The molecular formula is C15H8Br2ClF4N3. The molecule has 2 aromatic carbocycles. The maximum Gasteiger partial charge on any atom is 0.167 e. The first-order valence-corrected chi connectivity index (χ1v) is 8.07. The van der Waals surface area contributed by atoms with Crippen molar-refractivity contribution in [2.45, 2.75) is 0 Å². The Morgan fingerprint density at radius 3 is 1.44 bits per heavy atom. The van der Waals surface area contributed by atoms with Gasteiger partial charge in [-0.3, -0.25) is 0 Å². The minimum absolute atomic E-state index is 0. The van der Waals surface area contributed by atoms with Crippen molar-refractivity contribution < 1.29 is 17.6 Å². The van der Waals surface area contributed by atoms with Crippen LogP contribution in [0.3, 0.4) is 0 Å². The largest absolute Gasteiger partial charge is 0.310 e. The molecule has 0 saturated carbocycles. The Hall–Kier alpha value is -1.45. The lowest BCUT2D eigenvalue weighted by molar-refractivity contribution is 0.594. The molecule has 0 unspecified atom stereocenters. The van der Waals surface area contributed by atoms with E-state index in [1.807, 2.05) is 0 Å². The third kappa shape index (κ3) is 3.58. The molecule has 25 heavy (non-hydrogen) atoms. The van der Waals surface area contributed by atoms with Gasteiger partial charge >= 0.3 is 0 Å². The van der Waals surface area contributed by atoms with Gasteiger partial charge in [-0.15, -0.1) is 22.6 Å². The van der Waals surface area contributed by atoms with E-state index in [-0.39, 0.29) is 44.1 Å². The van der Waals surface area contributed by atoms with Crippen LogP contribution in [0, 0.1) is 23.3 Å². The maximum atomic E-state index is 14.1. The van der Waals surface area contributed by atoms with E-state index in [4.69, 9.17) is 0 Å². The molecule has 0 bridgehead atoms. The van der Waals surface area contributed by atoms with Crippen molar-refractivity contribution in [3.63, 3.8) is 0 Å². The third-order valence-electron chi connectivity index (χ3n) is 3.38. The smallest absolute Gasteiger partial charge is 0.167 e. The Balaban J connectivity index is 0.00000225. The fourth-order valence-corrected chi connectivity index (χ4v) is 2.82. The molecule has 0 radical (unpaired) electrons. The maximum absolute atomic E-state index is 14.1. The standard InChI is InChI=1S/C15H7Br2F4N3.ClH/c1-24-14(6-2-12(20)8(16)4-10(6)18)22-23-15(24)7-3-13(21)9(17)5-11(7)19;/h2-5H,1H3;1H. The number of hydrogen-bond acceptors (Lipinski definition) is 2. The van der Waals surface area contributed by atoms with Crippen LogP contribution in [0.15, 0.2) is 33.2 Å². The topological polar surface area (TPSA) is 30.7 Å². The number of hydrogen-bond donors (Lipinski definition) is 0. The highest BCUT2D eigenvalue weighted by Gasteiger charge is 2.20. The predicted octanol–water partition coefficient (Wildman–Crippen LogP) is 5.65. The minimum atomic E-state index is -0.729. The van der Waals surface area contributed by atoms with Gasteiger partial charge in [-0.1, -0.05) is 0 Å². The second-order valence-corrected chi connectivity index (χ2v) is 6.61. The summed E-state index contributed by atoms with van der Waals surface area (Å²) in [6.45, 7) is 0. The summed E-state index contributed by atoms with van der Waals surface area (Å²) in [5.41, 5.74) is -0.287. The first kappa shape index (κ1) is 19.9. The number of nitrogens with zero attached hydrogens (tertiary/aromatic N) is 3. The predicted molar refractivity (Wildman–Crippen MR) is 94.4 cm³/mol. The van der Waals surface area contributed by atoms with Crippen LogP contribution in [0.2, 0.25) is 0 Å². The van der Waals surface area contributed by atoms with E-state index in [1.165, 1.54) is 11.6 Å². The molecule has 0 spiro atoms. The zero-order chi connectivity index (χ0) is 17.6. The Morgan fingerprint density at radius 1 is 0.720 bits per heavy atom. The lowest BCUT2D eigenvalue weighted by Crippen LogP contribution is -2.00. The van der Waals surface area contributed by atoms with Crippen LogP contribution in [-0.2, 0) is 7.05 Å². The van der Waals surface area contributed by atoms with Gasteiger partial charge in [0.15, 0.2) is 11.6 Å². The summed E-state index contributed by atoms with van der Waals surface area (Å²) < 4.78 is 56.7. The monoisotopic (exact) mass is 499 g/mol. The van der Waals surface area contributed by atoms with Gasteiger partial charge in [-0.05, 0) is 56.1 Å². The molecule has 3 rings (SSSR count). The molecule has 0 atom stereocenters. The Morgan fingerprint density at radius 2 is 1.08 bits per heavy atom. The highest BCUT2D eigenvalue weighted by Crippen LogP contribution is 2.31. The van der Waals surface area contributed by atoms with E-state index in [1.54, 1.807) is 0 Å². The lowest BCUT2D eigenvalue weighted by Gasteiger charge is -2.07. The Kier molecular flexibility index (Phi) is 5.90. The average molecular weight is 502 g/mol. The fraction of sp³-hybridized carbons (Fsp3) is 0.0667. The second kappa shape index (κ2) is 7.43. The lowest BCUT2D eigenvalue weighted by atomic mass is 10.1. The average Bonchev–Trinajstić information content (AvgIpc) is 2.88. The Bertz CT molecular complexity index is 887. The molecule has 0 aliphatic rings. The van der Waals surface area contributed by atoms with Crippen LogP contribution in [0.1, 0.15) is 0 Å². The first-order chi connectivity index (χ1) is 11.3. The van der Waals surface area contributed by atoms with Gasteiger partial charge in [0.1, 0.15) is 23.3 Å². The van der Waals surface area contributed by atoms with Crippen LogP contribution in [0.25, 0.3) is 22.8 Å². The quantitative estimate of drug-likeness (QED) is 0.336. The number of rotatable bonds is 2. The number of halogens is 7. The summed E-state index contributed by atoms with van der Waals surface area (Å²) in [4.78, 5) is 0. The van der Waals surface area contributed by atoms with Gasteiger partial charge < -0.3 is 4.57 Å². The van der Waals surface area contributed by atoms with Gasteiger partial charge in [-0.25, -0.2) is 17.6 Å². The van der Waals surface area contributed by atoms with E-state index in [9.17, 15) is 17.6 Å². The van der Waals surface area contributed by atoms with Gasteiger partial charge in [0, 0.05) is 7.05 Å². The van der Waals surface area contributed by atoms with Crippen LogP contribution < -0.4 is 0 Å². The molecule has 0 aliphatic carbocycles. The van der Waals surface area contributed by atoms with Crippen LogP contribution >= 0.6 is 44.3 Å². The van der Waals surface area contributed by atoms with Crippen molar-refractivity contribution in [3.8, 4) is 22.8 Å². The molecule has 0 saturated heterocycles. The van der Waals surface area contributed by atoms with Gasteiger partial charge in [-0.2, -0.15) is 0 Å². The zero-order valence-corrected chi connectivity index (χ0v) is 16.3. The summed E-state index contributed by atoms with van der Waals surface area (Å²) in [7, 11) is 1.45. The molecule has 0 aliphatic heterocycles. The van der Waals surface area contributed by atoms with Crippen molar-refractivity contribution in [2.24, 2.45) is 7.05 Å². The van der Waals surface area contributed by atoms with Crippen molar-refractivity contribution in [3.05, 3.63) is 56.5 Å². The van der Waals surface area contributed by atoms with E-state index in [0.717, 1.165) is 24.3 Å². The molecule has 132 valence electrons. The third-order valence-corrected chi connectivity index (χ3v) is 4.59. The van der Waals surface area contributed by atoms with E-state index in [2.05, 4.69) is 42.1 Å². The van der Waals surface area contributed by atoms with Crippen LogP contribution in [-0.4, -0.2) is 14.8 Å². The van der Waals surface area contributed by atoms with E-state index >= 15 is 0 Å². The number of benzene rings is 2. The van der Waals surface area contributed by atoms with Crippen LogP contribution in [0.4, 0.5) is 17.6 Å². The SMILES string of the molecule is Cl.Cn1c(-c2cc(F)c(Br)cc2F)nnc1-c1cc(F)c(Br)cc1F. The molecular weight excluding hydrogens is 493 g/mol. The summed E-state index contributed by atoms with van der Waals surface area (Å²) in [6.07, 6.45) is 0. The summed E-state index contributed by atoms with van der Waals surface area (Å²) in [5, 5.41) is 7.55. The molecule has 1 heterocycles. The van der Waals surface area contributed by atoms with Gasteiger partial charge in [0.05, 0.1) is 20.1 Å². The molecule has 0 fully saturated rings. The molecule has 3 aromatic rings. The molecule has 10 heteroatoms. The van der Waals surface area contributed by atoms with E-state index < -0.39 is 23.3 Å². The molecule has 1 aromatic heterocycles. The van der Waals surface area contributed by atoms with Gasteiger partial charge in [0.25, 0.3) is 0 Å². The normalized spacial score (nSPS) is 10.7. The highest BCUT2D eigenvalue weighted by atomic mass is 79.9. The molecule has 3 nitrogen and oxygen atoms in total. The molecule has 0 N–H and O–H groups in total. The zero-order valence-electron chi connectivity index (χ0n) is 12.3. The number of aromatic nitrogens is 3. The fourth-order valence-electron chi connectivity index (χ4n) is 2.19. The van der Waals surface area contributed by atoms with Crippen molar-refractivity contribution >= 4 is 44.3 Å². The van der Waals surface area contributed by atoms with E-state index in [0.29, 0.717) is 0 Å². The summed E-state index contributed by atoms with van der Waals surface area (Å²) in [6, 6.07) is 3.81. The summed E-state index contributed by atoms with van der Waals surface area (Å²) >= 11 is 5.77. The Labute approximate surface area is 162 Å². The molecule has 0 amide bonds. The van der Waals surface area contributed by atoms with Crippen LogP contribution in [0.5, 0.6) is 0 Å². The summed E-state index contributed by atoms with van der Waals surface area (Å²) in [5.74, 6) is -2.86. The van der Waals surface area contributed by atoms with Crippen molar-refractivity contribution in [1.29, 1.82) is 0 Å². The minimum Gasteiger partial charge on any atom is -0.310 e. The van der Waals surface area contributed by atoms with Gasteiger partial charge in [0.2, 0.25) is 0 Å². The highest BCUT2D eigenvalue weighted by molar-refractivity contribution is 9.10. The van der Waals surface area contributed by atoms with Crippen molar-refractivity contribution in [1.82, 2.24) is 14.8 Å². The first-order valence-electron chi connectivity index (χ1n) is 6.48. The second-order valence-electron chi connectivity index (χ2n) is 4.90.